The molecule has 2 aromatic rings. The lowest BCUT2D eigenvalue weighted by molar-refractivity contribution is -0.385. The molecule has 0 aromatic heterocycles. The number of non-ortho nitro benzene ring substituents is 1. The van der Waals surface area contributed by atoms with E-state index in [0.29, 0.717) is 34.4 Å². The van der Waals surface area contributed by atoms with Crippen molar-refractivity contribution in [2.24, 2.45) is 0 Å². The van der Waals surface area contributed by atoms with Gasteiger partial charge in [-0.2, -0.15) is 11.8 Å². The van der Waals surface area contributed by atoms with Gasteiger partial charge in [-0.05, 0) is 17.7 Å². The second kappa shape index (κ2) is 7.38. The molecule has 0 bridgehead atoms. The lowest BCUT2D eigenvalue weighted by atomic mass is 10.1. The van der Waals surface area contributed by atoms with Crippen LogP contribution >= 0.6 is 23.4 Å². The summed E-state index contributed by atoms with van der Waals surface area (Å²) in [5, 5.41) is 11.4. The normalized spacial score (nSPS) is 13.2. The minimum Gasteiger partial charge on any atom is -0.467 e. The van der Waals surface area contributed by atoms with Crippen LogP contribution in [-0.4, -0.2) is 11.7 Å². The van der Waals surface area contributed by atoms with Crippen molar-refractivity contribution in [3.05, 3.63) is 68.0 Å². The van der Waals surface area contributed by atoms with Crippen molar-refractivity contribution >= 4 is 29.1 Å². The first kappa shape index (κ1) is 17.0. The molecule has 24 heavy (non-hydrogen) atoms. The molecule has 0 saturated carbocycles. The number of fused-ring (bicyclic) bond motifs is 1. The second-order valence-corrected chi connectivity index (χ2v) is 6.58. The van der Waals surface area contributed by atoms with E-state index in [1.165, 1.54) is 36.0 Å². The molecule has 0 spiro atoms. The summed E-state index contributed by atoms with van der Waals surface area (Å²) in [6.07, 6.45) is 0. The van der Waals surface area contributed by atoms with Gasteiger partial charge in [0, 0.05) is 39.8 Å². The maximum absolute atomic E-state index is 13.1. The Hall–Kier alpha value is -1.83. The number of nitro benzene ring substituents is 1. The summed E-state index contributed by atoms with van der Waals surface area (Å²) in [6.45, 7) is 0.421. The van der Waals surface area contributed by atoms with Crippen molar-refractivity contribution in [2.75, 3.05) is 6.79 Å². The number of benzene rings is 2. The fourth-order valence-electron chi connectivity index (χ4n) is 2.40. The van der Waals surface area contributed by atoms with Gasteiger partial charge in [-0.15, -0.1) is 0 Å². The number of hydrogen-bond acceptors (Lipinski definition) is 5. The molecule has 3 rings (SSSR count). The molecule has 5 nitrogen and oxygen atoms in total. The van der Waals surface area contributed by atoms with E-state index in [4.69, 9.17) is 21.1 Å². The third-order valence-corrected chi connectivity index (χ3v) is 4.89. The van der Waals surface area contributed by atoms with Crippen LogP contribution in [0.3, 0.4) is 0 Å². The molecule has 0 saturated heterocycles. The van der Waals surface area contributed by atoms with Crippen molar-refractivity contribution in [3.8, 4) is 5.75 Å². The van der Waals surface area contributed by atoms with Crippen LogP contribution in [0.5, 0.6) is 5.75 Å². The van der Waals surface area contributed by atoms with Gasteiger partial charge in [0.25, 0.3) is 5.69 Å². The number of ether oxygens (including phenoxy) is 2. The largest absolute Gasteiger partial charge is 0.467 e. The predicted octanol–water partition coefficient (Wildman–Crippen LogP) is 4.69. The number of rotatable bonds is 5. The van der Waals surface area contributed by atoms with E-state index in [1.54, 1.807) is 6.07 Å². The zero-order chi connectivity index (χ0) is 17.1. The Morgan fingerprint density at radius 2 is 2.04 bits per heavy atom. The second-order valence-electron chi connectivity index (χ2n) is 5.19. The molecule has 1 aliphatic rings. The van der Waals surface area contributed by atoms with Crippen LogP contribution in [0.4, 0.5) is 10.1 Å². The van der Waals surface area contributed by atoms with Gasteiger partial charge in [0.15, 0.2) is 6.79 Å². The summed E-state index contributed by atoms with van der Waals surface area (Å²) in [4.78, 5) is 10.6. The average molecular weight is 370 g/mol. The summed E-state index contributed by atoms with van der Waals surface area (Å²) >= 11 is 7.53. The van der Waals surface area contributed by atoms with Crippen LogP contribution in [0, 0.1) is 15.9 Å². The fourth-order valence-corrected chi connectivity index (χ4v) is 3.72. The van der Waals surface area contributed by atoms with E-state index in [-0.39, 0.29) is 18.3 Å². The smallest absolute Gasteiger partial charge is 0.270 e. The quantitative estimate of drug-likeness (QED) is 0.565. The van der Waals surface area contributed by atoms with Gasteiger partial charge in [0.05, 0.1) is 11.5 Å². The third-order valence-electron chi connectivity index (χ3n) is 3.51. The zero-order valence-electron chi connectivity index (χ0n) is 12.5. The molecule has 0 fully saturated rings. The van der Waals surface area contributed by atoms with E-state index in [2.05, 4.69) is 0 Å². The van der Waals surface area contributed by atoms with Gasteiger partial charge in [-0.25, -0.2) is 4.39 Å². The minimum absolute atomic E-state index is 0.0123. The molecule has 2 aromatic carbocycles. The molecule has 0 aliphatic carbocycles. The Kier molecular flexibility index (Phi) is 5.23. The van der Waals surface area contributed by atoms with Crippen molar-refractivity contribution < 1.29 is 18.8 Å². The highest BCUT2D eigenvalue weighted by molar-refractivity contribution is 7.97. The maximum atomic E-state index is 13.1. The van der Waals surface area contributed by atoms with Gasteiger partial charge in [0.1, 0.15) is 11.6 Å². The Balaban J connectivity index is 1.76. The highest BCUT2D eigenvalue weighted by atomic mass is 35.5. The SMILES string of the molecule is O=[N+]([O-])c1cc2c(c(CSCc3ccc(F)cc3Cl)c1)OCOC2. The molecule has 1 aliphatic heterocycles. The first-order valence-corrected chi connectivity index (χ1v) is 8.60. The highest BCUT2D eigenvalue weighted by Crippen LogP contribution is 2.35. The van der Waals surface area contributed by atoms with Crippen LogP contribution in [0.15, 0.2) is 30.3 Å². The van der Waals surface area contributed by atoms with Gasteiger partial charge in [0.2, 0.25) is 0 Å². The van der Waals surface area contributed by atoms with Gasteiger partial charge >= 0.3 is 0 Å². The van der Waals surface area contributed by atoms with Crippen molar-refractivity contribution in [3.63, 3.8) is 0 Å². The lowest BCUT2D eigenvalue weighted by Gasteiger charge is -2.20. The van der Waals surface area contributed by atoms with E-state index >= 15 is 0 Å². The molecule has 0 unspecified atom stereocenters. The molecular formula is C16H13ClFNO4S. The summed E-state index contributed by atoms with van der Waals surface area (Å²) < 4.78 is 23.7. The molecule has 0 radical (unpaired) electrons. The van der Waals surface area contributed by atoms with Crippen molar-refractivity contribution in [1.29, 1.82) is 0 Å². The monoisotopic (exact) mass is 369 g/mol. The van der Waals surface area contributed by atoms with Crippen molar-refractivity contribution in [2.45, 2.75) is 18.1 Å². The Morgan fingerprint density at radius 1 is 1.25 bits per heavy atom. The Morgan fingerprint density at radius 3 is 2.79 bits per heavy atom. The summed E-state index contributed by atoms with van der Waals surface area (Å²) in [6, 6.07) is 7.26. The Bertz CT molecular complexity index is 787. The fraction of sp³-hybridized carbons (Fsp3) is 0.250. The van der Waals surface area contributed by atoms with E-state index in [0.717, 1.165) is 11.1 Å². The maximum Gasteiger partial charge on any atom is 0.270 e. The average Bonchev–Trinajstić information content (AvgIpc) is 2.56. The summed E-state index contributed by atoms with van der Waals surface area (Å²) in [5.41, 5.74) is 2.24. The van der Waals surface area contributed by atoms with E-state index < -0.39 is 4.92 Å². The molecule has 0 N–H and O–H groups in total. The van der Waals surface area contributed by atoms with E-state index in [1.807, 2.05) is 0 Å². The van der Waals surface area contributed by atoms with Crippen LogP contribution in [0.25, 0.3) is 0 Å². The number of nitro groups is 1. The first-order valence-electron chi connectivity index (χ1n) is 7.07. The van der Waals surface area contributed by atoms with Crippen LogP contribution in [0.1, 0.15) is 16.7 Å². The molecular weight excluding hydrogens is 357 g/mol. The first-order chi connectivity index (χ1) is 11.5. The topological polar surface area (TPSA) is 61.6 Å². The molecule has 1 heterocycles. The van der Waals surface area contributed by atoms with Gasteiger partial charge in [-0.3, -0.25) is 10.1 Å². The Labute approximate surface area is 146 Å². The number of halogens is 2. The highest BCUT2D eigenvalue weighted by Gasteiger charge is 2.20. The van der Waals surface area contributed by atoms with Crippen molar-refractivity contribution in [1.82, 2.24) is 0 Å². The number of thioether (sulfide) groups is 1. The van der Waals surface area contributed by atoms with E-state index in [9.17, 15) is 14.5 Å². The van der Waals surface area contributed by atoms with Gasteiger partial charge < -0.3 is 9.47 Å². The predicted molar refractivity (Wildman–Crippen MR) is 89.8 cm³/mol. The van der Waals surface area contributed by atoms with Crippen LogP contribution in [-0.2, 0) is 22.8 Å². The molecule has 0 atom stereocenters. The van der Waals surface area contributed by atoms with Crippen LogP contribution in [0.2, 0.25) is 5.02 Å². The van der Waals surface area contributed by atoms with Gasteiger partial charge in [-0.1, -0.05) is 17.7 Å². The minimum atomic E-state index is -0.431. The lowest BCUT2D eigenvalue weighted by Crippen LogP contribution is -2.13. The number of hydrogen-bond donors (Lipinski definition) is 0. The standard InChI is InChI=1S/C16H13ClFNO4S/c17-15-5-13(18)2-1-10(15)7-24-8-12-4-14(19(20)21)3-11-6-22-9-23-16(11)12/h1-5H,6-9H2. The van der Waals surface area contributed by atoms with Crippen LogP contribution < -0.4 is 4.74 Å². The summed E-state index contributed by atoms with van der Waals surface area (Å²) in [5.74, 6) is 1.34. The molecule has 126 valence electrons. The zero-order valence-corrected chi connectivity index (χ0v) is 14.0. The molecule has 0 amide bonds. The third kappa shape index (κ3) is 3.80. The summed E-state index contributed by atoms with van der Waals surface area (Å²) in [7, 11) is 0. The number of nitrogens with zero attached hydrogens (tertiary/aromatic N) is 1. The molecule has 8 heteroatoms.